The number of carbonyl (C=O) groups is 1. The molecule has 0 atom stereocenters. The third kappa shape index (κ3) is 3.24. The SMILES string of the molecule is Cc1ccc(S(=O)(=O)CC(=O)c2ccc(N)cc2)cc1. The van der Waals surface area contributed by atoms with Gasteiger partial charge in [-0.3, -0.25) is 4.79 Å². The maximum atomic E-state index is 12.1. The van der Waals surface area contributed by atoms with Crippen LogP contribution in [0.3, 0.4) is 0 Å². The molecular formula is C15H15NO3S. The van der Waals surface area contributed by atoms with Crippen molar-refractivity contribution in [3.63, 3.8) is 0 Å². The fraction of sp³-hybridized carbons (Fsp3) is 0.133. The number of nitrogens with two attached hydrogens (primary N) is 1. The maximum absolute atomic E-state index is 12.1. The summed E-state index contributed by atoms with van der Waals surface area (Å²) in [4.78, 5) is 12.2. The molecule has 0 fully saturated rings. The summed E-state index contributed by atoms with van der Waals surface area (Å²) < 4.78 is 24.3. The average Bonchev–Trinajstić information content (AvgIpc) is 2.39. The third-order valence-electron chi connectivity index (χ3n) is 2.93. The Balaban J connectivity index is 2.22. The monoisotopic (exact) mass is 289 g/mol. The Bertz CT molecular complexity index is 717. The zero-order valence-electron chi connectivity index (χ0n) is 11.0. The highest BCUT2D eigenvalue weighted by Gasteiger charge is 2.20. The van der Waals surface area contributed by atoms with Gasteiger partial charge in [-0.25, -0.2) is 8.42 Å². The molecule has 0 bridgehead atoms. The summed E-state index contributed by atoms with van der Waals surface area (Å²) in [6, 6.07) is 12.7. The minimum Gasteiger partial charge on any atom is -0.399 e. The standard InChI is InChI=1S/C15H15NO3S/c1-11-2-8-14(9-3-11)20(18,19)10-15(17)12-4-6-13(16)7-5-12/h2-9H,10,16H2,1H3. The molecule has 4 nitrogen and oxygen atoms in total. The van der Waals surface area contributed by atoms with Crippen LogP contribution in [0, 0.1) is 6.92 Å². The molecule has 5 heteroatoms. The number of anilines is 1. The van der Waals surface area contributed by atoms with Crippen LogP contribution < -0.4 is 5.73 Å². The highest BCUT2D eigenvalue weighted by atomic mass is 32.2. The first kappa shape index (κ1) is 14.3. The normalized spacial score (nSPS) is 11.2. The number of carbonyl (C=O) groups excluding carboxylic acids is 1. The van der Waals surface area contributed by atoms with Crippen molar-refractivity contribution in [2.24, 2.45) is 0 Å². The summed E-state index contributed by atoms with van der Waals surface area (Å²) in [6.07, 6.45) is 0. The van der Waals surface area contributed by atoms with Crippen molar-refractivity contribution < 1.29 is 13.2 Å². The number of nitrogen functional groups attached to an aromatic ring is 1. The van der Waals surface area contributed by atoms with Crippen LogP contribution in [0.25, 0.3) is 0 Å². The minimum absolute atomic E-state index is 0.159. The largest absolute Gasteiger partial charge is 0.399 e. The Labute approximate surface area is 118 Å². The maximum Gasteiger partial charge on any atom is 0.185 e. The van der Waals surface area contributed by atoms with Crippen molar-refractivity contribution >= 4 is 21.3 Å². The quantitative estimate of drug-likeness (QED) is 0.691. The zero-order chi connectivity index (χ0) is 14.8. The lowest BCUT2D eigenvalue weighted by Gasteiger charge is -2.05. The van der Waals surface area contributed by atoms with Crippen LogP contribution in [0.4, 0.5) is 5.69 Å². The van der Waals surface area contributed by atoms with Crippen LogP contribution in [0.5, 0.6) is 0 Å². The van der Waals surface area contributed by atoms with Gasteiger partial charge in [0.15, 0.2) is 15.6 Å². The molecule has 0 aliphatic carbocycles. The Morgan fingerprint density at radius 3 is 2.10 bits per heavy atom. The molecule has 0 amide bonds. The summed E-state index contributed by atoms with van der Waals surface area (Å²) in [6.45, 7) is 1.87. The fourth-order valence-electron chi connectivity index (χ4n) is 1.75. The van der Waals surface area contributed by atoms with E-state index in [9.17, 15) is 13.2 Å². The molecule has 0 aliphatic heterocycles. The topological polar surface area (TPSA) is 77.2 Å². The van der Waals surface area contributed by atoms with E-state index in [1.165, 1.54) is 24.3 Å². The molecule has 0 radical (unpaired) electrons. The number of Topliss-reactive ketones (excluding diaryl/α,β-unsaturated/α-hetero) is 1. The lowest BCUT2D eigenvalue weighted by molar-refractivity contribution is 0.102. The van der Waals surface area contributed by atoms with Crippen LogP contribution in [-0.2, 0) is 9.84 Å². The van der Waals surface area contributed by atoms with Crippen molar-refractivity contribution in [3.05, 3.63) is 59.7 Å². The summed E-state index contributed by atoms with van der Waals surface area (Å²) >= 11 is 0. The second-order valence-electron chi connectivity index (χ2n) is 4.62. The summed E-state index contributed by atoms with van der Waals surface area (Å²) in [5, 5.41) is 0. The Morgan fingerprint density at radius 1 is 1.00 bits per heavy atom. The molecule has 0 saturated heterocycles. The van der Waals surface area contributed by atoms with Crippen LogP contribution in [-0.4, -0.2) is 20.0 Å². The van der Waals surface area contributed by atoms with Crippen molar-refractivity contribution in [3.8, 4) is 0 Å². The number of aryl methyl sites for hydroxylation is 1. The average molecular weight is 289 g/mol. The Morgan fingerprint density at radius 2 is 1.55 bits per heavy atom. The fourth-order valence-corrected chi connectivity index (χ4v) is 2.98. The molecule has 0 spiro atoms. The minimum atomic E-state index is -3.62. The van der Waals surface area contributed by atoms with Gasteiger partial charge >= 0.3 is 0 Å². The first-order valence-electron chi connectivity index (χ1n) is 6.07. The molecule has 2 aromatic carbocycles. The van der Waals surface area contributed by atoms with Gasteiger partial charge in [0.05, 0.1) is 4.90 Å². The van der Waals surface area contributed by atoms with Crippen molar-refractivity contribution in [1.29, 1.82) is 0 Å². The van der Waals surface area contributed by atoms with Crippen molar-refractivity contribution in [1.82, 2.24) is 0 Å². The van der Waals surface area contributed by atoms with Gasteiger partial charge < -0.3 is 5.73 Å². The zero-order valence-corrected chi connectivity index (χ0v) is 11.9. The van der Waals surface area contributed by atoms with E-state index < -0.39 is 21.4 Å². The van der Waals surface area contributed by atoms with E-state index in [1.54, 1.807) is 24.3 Å². The molecule has 2 aromatic rings. The van der Waals surface area contributed by atoms with E-state index in [0.29, 0.717) is 11.3 Å². The van der Waals surface area contributed by atoms with Crippen molar-refractivity contribution in [2.45, 2.75) is 11.8 Å². The van der Waals surface area contributed by atoms with Gasteiger partial charge in [-0.1, -0.05) is 17.7 Å². The first-order chi connectivity index (χ1) is 9.38. The van der Waals surface area contributed by atoms with Gasteiger partial charge in [0.1, 0.15) is 5.75 Å². The second kappa shape index (κ2) is 5.46. The molecule has 0 unspecified atom stereocenters. The van der Waals surface area contributed by atoms with Crippen LogP contribution in [0.2, 0.25) is 0 Å². The molecular weight excluding hydrogens is 274 g/mol. The Kier molecular flexibility index (Phi) is 3.90. The van der Waals surface area contributed by atoms with Gasteiger partial charge in [-0.05, 0) is 43.3 Å². The number of rotatable bonds is 4. The van der Waals surface area contributed by atoms with Crippen LogP contribution >= 0.6 is 0 Å². The second-order valence-corrected chi connectivity index (χ2v) is 6.61. The van der Waals surface area contributed by atoms with E-state index in [4.69, 9.17) is 5.73 Å². The summed E-state index contributed by atoms with van der Waals surface area (Å²) in [5.74, 6) is -0.981. The van der Waals surface area contributed by atoms with E-state index in [0.717, 1.165) is 5.56 Å². The van der Waals surface area contributed by atoms with Gasteiger partial charge in [-0.2, -0.15) is 0 Å². The molecule has 2 rings (SSSR count). The predicted octanol–water partition coefficient (Wildman–Crippen LogP) is 2.23. The molecule has 20 heavy (non-hydrogen) atoms. The summed E-state index contributed by atoms with van der Waals surface area (Å²) in [5.41, 5.74) is 7.37. The number of ketones is 1. The van der Waals surface area contributed by atoms with Gasteiger partial charge in [0.2, 0.25) is 0 Å². The lowest BCUT2D eigenvalue weighted by atomic mass is 10.1. The van der Waals surface area contributed by atoms with Crippen molar-refractivity contribution in [2.75, 3.05) is 11.5 Å². The van der Waals surface area contributed by atoms with Gasteiger partial charge in [-0.15, -0.1) is 0 Å². The third-order valence-corrected chi connectivity index (χ3v) is 4.57. The van der Waals surface area contributed by atoms with Gasteiger partial charge in [0, 0.05) is 11.3 Å². The molecule has 0 aromatic heterocycles. The molecule has 0 heterocycles. The number of hydrogen-bond donors (Lipinski definition) is 1. The van der Waals surface area contributed by atoms with E-state index in [1.807, 2.05) is 6.92 Å². The molecule has 2 N–H and O–H groups in total. The van der Waals surface area contributed by atoms with Gasteiger partial charge in [0.25, 0.3) is 0 Å². The predicted molar refractivity (Wildman–Crippen MR) is 78.4 cm³/mol. The summed E-state index contributed by atoms with van der Waals surface area (Å²) in [7, 11) is -3.62. The van der Waals surface area contributed by atoms with E-state index in [-0.39, 0.29) is 4.90 Å². The molecule has 0 saturated carbocycles. The smallest absolute Gasteiger partial charge is 0.185 e. The number of sulfone groups is 1. The lowest BCUT2D eigenvalue weighted by Crippen LogP contribution is -2.16. The number of benzene rings is 2. The highest BCUT2D eigenvalue weighted by Crippen LogP contribution is 2.14. The Hall–Kier alpha value is -2.14. The van der Waals surface area contributed by atoms with E-state index in [2.05, 4.69) is 0 Å². The van der Waals surface area contributed by atoms with Crippen LogP contribution in [0.1, 0.15) is 15.9 Å². The first-order valence-corrected chi connectivity index (χ1v) is 7.72. The number of hydrogen-bond acceptors (Lipinski definition) is 4. The molecule has 104 valence electrons. The molecule has 0 aliphatic rings. The van der Waals surface area contributed by atoms with E-state index >= 15 is 0 Å². The highest BCUT2D eigenvalue weighted by molar-refractivity contribution is 7.92. The van der Waals surface area contributed by atoms with Crippen LogP contribution in [0.15, 0.2) is 53.4 Å².